The van der Waals surface area contributed by atoms with Crippen LogP contribution in [0, 0.1) is 13.8 Å². The summed E-state index contributed by atoms with van der Waals surface area (Å²) in [4.78, 5) is 4.57. The van der Waals surface area contributed by atoms with Crippen molar-refractivity contribution < 1.29 is 0 Å². The molecule has 0 atom stereocenters. The molecule has 0 radical (unpaired) electrons. The van der Waals surface area contributed by atoms with E-state index in [1.807, 2.05) is 24.4 Å². The van der Waals surface area contributed by atoms with Crippen LogP contribution < -0.4 is 0 Å². The number of hydrogen-bond donors (Lipinski definition) is 0. The van der Waals surface area contributed by atoms with Crippen molar-refractivity contribution in [2.24, 2.45) is 4.99 Å². The van der Waals surface area contributed by atoms with E-state index in [9.17, 15) is 0 Å². The molecular weight excluding hydrogens is 396 g/mol. The summed E-state index contributed by atoms with van der Waals surface area (Å²) in [5, 5.41) is 0.663. The average molecular weight is 416 g/mol. The monoisotopic (exact) mass is 414 g/mol. The molecule has 128 valence electrons. The highest BCUT2D eigenvalue weighted by molar-refractivity contribution is 9.10. The van der Waals surface area contributed by atoms with Gasteiger partial charge in [-0.25, -0.2) is 0 Å². The average Bonchev–Trinajstić information content (AvgIpc) is 2.90. The quantitative estimate of drug-likeness (QED) is 0.416. The first-order chi connectivity index (χ1) is 12.0. The lowest BCUT2D eigenvalue weighted by molar-refractivity contribution is 0.962. The molecule has 0 aliphatic heterocycles. The summed E-state index contributed by atoms with van der Waals surface area (Å²) in [5.74, 6) is 0. The van der Waals surface area contributed by atoms with E-state index in [2.05, 4.69) is 76.6 Å². The Morgan fingerprint density at radius 3 is 2.44 bits per heavy atom. The maximum absolute atomic E-state index is 6.14. The minimum Gasteiger partial charge on any atom is -0.318 e. The van der Waals surface area contributed by atoms with Gasteiger partial charge < -0.3 is 4.57 Å². The molecule has 0 spiro atoms. The minimum atomic E-state index is 0.663. The van der Waals surface area contributed by atoms with Crippen LogP contribution in [-0.2, 0) is 6.42 Å². The molecule has 2 aromatic carbocycles. The Morgan fingerprint density at radius 1 is 1.08 bits per heavy atom. The standard InChI is InChI=1S/C21H20BrClN2/c1-4-16-5-8-19(9-6-16)25-14(2)11-17(15(25)3)13-24-18-7-10-20(22)21(23)12-18/h5-13H,4H2,1-3H3. The summed E-state index contributed by atoms with van der Waals surface area (Å²) in [6.45, 7) is 6.41. The van der Waals surface area contributed by atoms with Crippen LogP contribution in [0.3, 0.4) is 0 Å². The highest BCUT2D eigenvalue weighted by Gasteiger charge is 2.09. The zero-order valence-electron chi connectivity index (χ0n) is 14.6. The van der Waals surface area contributed by atoms with Crippen molar-refractivity contribution in [1.29, 1.82) is 0 Å². The second-order valence-corrected chi connectivity index (χ2v) is 7.30. The Morgan fingerprint density at radius 2 is 1.80 bits per heavy atom. The lowest BCUT2D eigenvalue weighted by Gasteiger charge is -2.10. The van der Waals surface area contributed by atoms with Crippen molar-refractivity contribution in [2.45, 2.75) is 27.2 Å². The predicted octanol–water partition coefficient (Wildman–Crippen LogP) is 6.82. The molecule has 2 nitrogen and oxygen atoms in total. The first-order valence-electron chi connectivity index (χ1n) is 8.27. The molecule has 25 heavy (non-hydrogen) atoms. The fourth-order valence-corrected chi connectivity index (χ4v) is 3.33. The van der Waals surface area contributed by atoms with Crippen molar-refractivity contribution in [3.8, 4) is 5.69 Å². The van der Waals surface area contributed by atoms with Gasteiger partial charge in [0.2, 0.25) is 0 Å². The van der Waals surface area contributed by atoms with E-state index in [-0.39, 0.29) is 0 Å². The molecule has 0 amide bonds. The van der Waals surface area contributed by atoms with Crippen LogP contribution in [0.4, 0.5) is 5.69 Å². The molecule has 1 heterocycles. The van der Waals surface area contributed by atoms with Crippen molar-refractivity contribution in [1.82, 2.24) is 4.57 Å². The topological polar surface area (TPSA) is 17.3 Å². The summed E-state index contributed by atoms with van der Waals surface area (Å²) in [5.41, 5.74) is 6.84. The molecule has 0 unspecified atom stereocenters. The number of aromatic nitrogens is 1. The van der Waals surface area contributed by atoms with Gasteiger partial charge in [-0.3, -0.25) is 4.99 Å². The van der Waals surface area contributed by atoms with Gasteiger partial charge in [0.1, 0.15) is 0 Å². The van der Waals surface area contributed by atoms with Crippen LogP contribution in [-0.4, -0.2) is 10.8 Å². The van der Waals surface area contributed by atoms with E-state index in [1.165, 1.54) is 22.6 Å². The van der Waals surface area contributed by atoms with Crippen LogP contribution >= 0.6 is 27.5 Å². The first-order valence-corrected chi connectivity index (χ1v) is 9.44. The van der Waals surface area contributed by atoms with Crippen molar-refractivity contribution in [3.63, 3.8) is 0 Å². The van der Waals surface area contributed by atoms with Gasteiger partial charge in [0, 0.05) is 33.3 Å². The molecule has 0 aliphatic rings. The molecule has 0 saturated carbocycles. The molecule has 0 fully saturated rings. The molecule has 4 heteroatoms. The molecule has 1 aromatic heterocycles. The molecule has 0 bridgehead atoms. The van der Waals surface area contributed by atoms with Gasteiger partial charge in [-0.2, -0.15) is 0 Å². The van der Waals surface area contributed by atoms with Gasteiger partial charge in [0.25, 0.3) is 0 Å². The normalized spacial score (nSPS) is 11.4. The van der Waals surface area contributed by atoms with Crippen LogP contribution in [0.2, 0.25) is 5.02 Å². The SMILES string of the molecule is CCc1ccc(-n2c(C)cc(C=Nc3ccc(Br)c(Cl)c3)c2C)cc1. The lowest BCUT2D eigenvalue weighted by atomic mass is 10.1. The third-order valence-electron chi connectivity index (χ3n) is 4.33. The fourth-order valence-electron chi connectivity index (χ4n) is 2.91. The van der Waals surface area contributed by atoms with Gasteiger partial charge in [-0.05, 0) is 78.2 Å². The Bertz CT molecular complexity index is 924. The number of hydrogen-bond acceptors (Lipinski definition) is 1. The summed E-state index contributed by atoms with van der Waals surface area (Å²) in [6, 6.07) is 16.6. The van der Waals surface area contributed by atoms with E-state index in [0.29, 0.717) is 5.02 Å². The summed E-state index contributed by atoms with van der Waals surface area (Å²) < 4.78 is 3.14. The smallest absolute Gasteiger partial charge is 0.0645 e. The number of halogens is 2. The molecular formula is C21H20BrClN2. The molecule has 3 rings (SSSR count). The van der Waals surface area contributed by atoms with E-state index in [1.54, 1.807) is 0 Å². The Balaban J connectivity index is 1.93. The fraction of sp³-hybridized carbons (Fsp3) is 0.190. The predicted molar refractivity (Wildman–Crippen MR) is 111 cm³/mol. The summed E-state index contributed by atoms with van der Waals surface area (Å²) in [6.07, 6.45) is 2.95. The number of benzene rings is 2. The lowest BCUT2D eigenvalue weighted by Crippen LogP contribution is -1.99. The van der Waals surface area contributed by atoms with E-state index in [0.717, 1.165) is 22.1 Å². The van der Waals surface area contributed by atoms with Crippen molar-refractivity contribution in [3.05, 3.63) is 80.5 Å². The number of nitrogens with zero attached hydrogens (tertiary/aromatic N) is 2. The maximum Gasteiger partial charge on any atom is 0.0645 e. The van der Waals surface area contributed by atoms with Crippen LogP contribution in [0.15, 0.2) is 58.0 Å². The van der Waals surface area contributed by atoms with Gasteiger partial charge in [0.15, 0.2) is 0 Å². The van der Waals surface area contributed by atoms with E-state index < -0.39 is 0 Å². The summed E-state index contributed by atoms with van der Waals surface area (Å²) in [7, 11) is 0. The largest absolute Gasteiger partial charge is 0.318 e. The molecule has 0 saturated heterocycles. The maximum atomic E-state index is 6.14. The Labute approximate surface area is 162 Å². The molecule has 0 aliphatic carbocycles. The second-order valence-electron chi connectivity index (χ2n) is 6.04. The van der Waals surface area contributed by atoms with E-state index in [4.69, 9.17) is 11.6 Å². The van der Waals surface area contributed by atoms with Crippen LogP contribution in [0.5, 0.6) is 0 Å². The molecule has 0 N–H and O–H groups in total. The minimum absolute atomic E-state index is 0.663. The van der Waals surface area contributed by atoms with Gasteiger partial charge in [0.05, 0.1) is 10.7 Å². The highest BCUT2D eigenvalue weighted by Crippen LogP contribution is 2.27. The summed E-state index contributed by atoms with van der Waals surface area (Å²) >= 11 is 9.53. The second kappa shape index (κ2) is 7.59. The van der Waals surface area contributed by atoms with Crippen LogP contribution in [0.25, 0.3) is 5.69 Å². The molecule has 3 aromatic rings. The third kappa shape index (κ3) is 3.88. The Hall–Kier alpha value is -1.84. The van der Waals surface area contributed by atoms with Crippen LogP contribution in [0.1, 0.15) is 29.4 Å². The van der Waals surface area contributed by atoms with Gasteiger partial charge in [-0.1, -0.05) is 30.7 Å². The number of aliphatic imine (C=N–C) groups is 1. The highest BCUT2D eigenvalue weighted by atomic mass is 79.9. The zero-order chi connectivity index (χ0) is 18.0. The van der Waals surface area contributed by atoms with E-state index >= 15 is 0 Å². The number of rotatable bonds is 4. The Kier molecular flexibility index (Phi) is 5.45. The van der Waals surface area contributed by atoms with Crippen molar-refractivity contribution >= 4 is 39.4 Å². The zero-order valence-corrected chi connectivity index (χ0v) is 16.9. The van der Waals surface area contributed by atoms with Gasteiger partial charge in [-0.15, -0.1) is 0 Å². The third-order valence-corrected chi connectivity index (χ3v) is 5.56. The number of aryl methyl sites for hydroxylation is 2. The van der Waals surface area contributed by atoms with Gasteiger partial charge >= 0.3 is 0 Å². The first kappa shape index (κ1) is 18.0. The van der Waals surface area contributed by atoms with Crippen molar-refractivity contribution in [2.75, 3.05) is 0 Å².